The van der Waals surface area contributed by atoms with Gasteiger partial charge < -0.3 is 20.8 Å². The van der Waals surface area contributed by atoms with E-state index in [0.29, 0.717) is 12.3 Å². The van der Waals surface area contributed by atoms with Crippen LogP contribution < -0.4 is 16.4 Å². The van der Waals surface area contributed by atoms with Gasteiger partial charge in [-0.15, -0.1) is 0 Å². The monoisotopic (exact) mass is 350 g/mol. The predicted molar refractivity (Wildman–Crippen MR) is 97.9 cm³/mol. The molecule has 0 atom stereocenters. The molecule has 0 spiro atoms. The highest BCUT2D eigenvalue weighted by molar-refractivity contribution is 6.11. The number of amides is 1. The van der Waals surface area contributed by atoms with Crippen LogP contribution in [0, 0.1) is 5.41 Å². The highest BCUT2D eigenvalue weighted by Gasteiger charge is 2.21. The van der Waals surface area contributed by atoms with Crippen molar-refractivity contribution in [3.8, 4) is 0 Å². The number of furan rings is 1. The van der Waals surface area contributed by atoms with Crippen molar-refractivity contribution in [2.45, 2.75) is 6.54 Å². The lowest BCUT2D eigenvalue weighted by Crippen LogP contribution is -2.29. The Bertz CT molecular complexity index is 928. The van der Waals surface area contributed by atoms with Crippen LogP contribution in [-0.4, -0.2) is 21.3 Å². The average Bonchev–Trinajstić information content (AvgIpc) is 3.30. The Hall–Kier alpha value is -3.81. The molecule has 0 fully saturated rings. The van der Waals surface area contributed by atoms with Crippen LogP contribution in [-0.2, 0) is 6.54 Å². The Morgan fingerprint density at radius 1 is 1.27 bits per heavy atom. The maximum absolute atomic E-state index is 12.6. The fraction of sp³-hybridized carbons (Fsp3) is 0.0556. The highest BCUT2D eigenvalue weighted by atomic mass is 16.3. The van der Waals surface area contributed by atoms with E-state index in [-0.39, 0.29) is 23.0 Å². The molecule has 3 aromatic rings. The van der Waals surface area contributed by atoms with E-state index in [4.69, 9.17) is 15.6 Å². The molecule has 0 saturated heterocycles. The second-order valence-corrected chi connectivity index (χ2v) is 5.46. The van der Waals surface area contributed by atoms with Gasteiger partial charge in [0.1, 0.15) is 23.6 Å². The quantitative estimate of drug-likeness (QED) is 0.509. The summed E-state index contributed by atoms with van der Waals surface area (Å²) >= 11 is 0. The van der Waals surface area contributed by atoms with E-state index in [1.54, 1.807) is 12.1 Å². The predicted octanol–water partition coefficient (Wildman–Crippen LogP) is 2.49. The largest absolute Gasteiger partial charge is 0.463 e. The van der Waals surface area contributed by atoms with Crippen LogP contribution >= 0.6 is 0 Å². The summed E-state index contributed by atoms with van der Waals surface area (Å²) in [6.45, 7) is 3.94. The molecule has 8 nitrogen and oxygen atoms in total. The van der Waals surface area contributed by atoms with Gasteiger partial charge in [-0.25, -0.2) is 14.3 Å². The zero-order chi connectivity index (χ0) is 18.5. The van der Waals surface area contributed by atoms with Gasteiger partial charge in [0.05, 0.1) is 12.1 Å². The number of nitrogens with zero attached hydrogens (tertiary/aromatic N) is 2. The number of carbonyl (C=O) groups excluding carboxylic acids is 1. The second kappa shape index (κ2) is 7.39. The lowest BCUT2D eigenvalue weighted by Gasteiger charge is -2.12. The first kappa shape index (κ1) is 17.0. The molecular formula is C18H18N6O2. The average molecular weight is 350 g/mol. The van der Waals surface area contributed by atoms with E-state index in [2.05, 4.69) is 22.2 Å². The molecule has 2 heterocycles. The van der Waals surface area contributed by atoms with Crippen LogP contribution in [0.1, 0.15) is 17.0 Å². The molecule has 0 aliphatic carbocycles. The third kappa shape index (κ3) is 3.64. The van der Waals surface area contributed by atoms with Crippen molar-refractivity contribution in [3.05, 3.63) is 84.5 Å². The molecule has 0 bridgehead atoms. The van der Waals surface area contributed by atoms with Gasteiger partial charge in [-0.05, 0) is 17.7 Å². The van der Waals surface area contributed by atoms with Crippen LogP contribution in [0.15, 0.2) is 71.9 Å². The van der Waals surface area contributed by atoms with Crippen LogP contribution in [0.4, 0.5) is 10.6 Å². The lowest BCUT2D eigenvalue weighted by atomic mass is 10.2. The van der Waals surface area contributed by atoms with Crippen molar-refractivity contribution < 1.29 is 9.21 Å². The number of anilines is 1. The summed E-state index contributed by atoms with van der Waals surface area (Å²) in [5.74, 6) is 0.686. The molecule has 1 aromatic carbocycles. The number of aromatic nitrogens is 2. The second-order valence-electron chi connectivity index (χ2n) is 5.46. The minimum atomic E-state index is -0.413. The fourth-order valence-corrected chi connectivity index (χ4v) is 2.35. The summed E-state index contributed by atoms with van der Waals surface area (Å²) < 4.78 is 6.47. The first-order valence-electron chi connectivity index (χ1n) is 7.80. The van der Waals surface area contributed by atoms with Crippen molar-refractivity contribution in [1.82, 2.24) is 14.9 Å². The Kier molecular flexibility index (Phi) is 4.84. The summed E-state index contributed by atoms with van der Waals surface area (Å²) in [5.41, 5.74) is 6.84. The summed E-state index contributed by atoms with van der Waals surface area (Å²) in [6.07, 6.45) is 2.78. The fourth-order valence-electron chi connectivity index (χ4n) is 2.35. The topological polar surface area (TPSA) is 122 Å². The van der Waals surface area contributed by atoms with E-state index < -0.39 is 6.03 Å². The number of hydrogen-bond acceptors (Lipinski definition) is 6. The highest BCUT2D eigenvalue weighted by Crippen LogP contribution is 2.19. The molecule has 0 radical (unpaired) electrons. The van der Waals surface area contributed by atoms with Crippen molar-refractivity contribution in [2.75, 3.05) is 5.32 Å². The van der Waals surface area contributed by atoms with Crippen molar-refractivity contribution in [3.63, 3.8) is 0 Å². The molecule has 2 aromatic heterocycles. The number of carbonyl (C=O) groups is 1. The minimum absolute atomic E-state index is 0.0216. The zero-order valence-corrected chi connectivity index (χ0v) is 13.9. The van der Waals surface area contributed by atoms with E-state index in [0.717, 1.165) is 5.56 Å². The van der Waals surface area contributed by atoms with Gasteiger partial charge in [0.2, 0.25) is 0 Å². The lowest BCUT2D eigenvalue weighted by molar-refractivity contribution is 0.242. The van der Waals surface area contributed by atoms with Crippen molar-refractivity contribution in [2.24, 2.45) is 5.73 Å². The van der Waals surface area contributed by atoms with Crippen LogP contribution in [0.5, 0.6) is 0 Å². The van der Waals surface area contributed by atoms with E-state index >= 15 is 0 Å². The first-order chi connectivity index (χ1) is 12.6. The summed E-state index contributed by atoms with van der Waals surface area (Å²) in [7, 11) is 0. The molecule has 0 aliphatic rings. The molecule has 8 heteroatoms. The maximum atomic E-state index is 12.6. The van der Waals surface area contributed by atoms with Crippen molar-refractivity contribution in [1.29, 1.82) is 5.41 Å². The standard InChI is InChI=1S/C18H18N6O2/c1-12(19)23-17-16(15(20)14-8-5-9-26-14)22-11-24(17)18(25)21-10-13-6-3-2-4-7-13/h2-9,11,20,23H,1,10,19H2,(H,21,25). The summed E-state index contributed by atoms with van der Waals surface area (Å²) in [6, 6.07) is 12.4. The summed E-state index contributed by atoms with van der Waals surface area (Å²) in [5, 5.41) is 13.8. The molecule has 1 amide bonds. The number of nitrogens with one attached hydrogen (secondary N) is 3. The molecule has 0 aliphatic heterocycles. The Morgan fingerprint density at radius 2 is 2.04 bits per heavy atom. The third-order valence-electron chi connectivity index (χ3n) is 3.56. The zero-order valence-electron chi connectivity index (χ0n) is 13.9. The van der Waals surface area contributed by atoms with E-state index in [1.165, 1.54) is 17.2 Å². The van der Waals surface area contributed by atoms with Gasteiger partial charge in [-0.1, -0.05) is 36.9 Å². The Labute approximate surface area is 149 Å². The SMILES string of the molecule is C=C(N)Nc1c(C(=N)c2ccco2)ncn1C(=O)NCc1ccccc1. The van der Waals surface area contributed by atoms with Gasteiger partial charge in [0, 0.05) is 6.54 Å². The first-order valence-corrected chi connectivity index (χ1v) is 7.80. The molecule has 26 heavy (non-hydrogen) atoms. The number of hydrogen-bond donors (Lipinski definition) is 4. The van der Waals surface area contributed by atoms with Crippen LogP contribution in [0.25, 0.3) is 0 Å². The molecule has 0 unspecified atom stereocenters. The van der Waals surface area contributed by atoms with Gasteiger partial charge in [-0.2, -0.15) is 0 Å². The molecule has 5 N–H and O–H groups in total. The third-order valence-corrected chi connectivity index (χ3v) is 3.56. The smallest absolute Gasteiger partial charge is 0.328 e. The van der Waals surface area contributed by atoms with E-state index in [9.17, 15) is 4.79 Å². The van der Waals surface area contributed by atoms with Crippen LogP contribution in [0.3, 0.4) is 0 Å². The molecule has 3 rings (SSSR count). The number of rotatable bonds is 6. The van der Waals surface area contributed by atoms with Gasteiger partial charge in [-0.3, -0.25) is 5.41 Å². The van der Waals surface area contributed by atoms with Crippen LogP contribution in [0.2, 0.25) is 0 Å². The molecular weight excluding hydrogens is 332 g/mol. The maximum Gasteiger partial charge on any atom is 0.328 e. The van der Waals surface area contributed by atoms with Gasteiger partial charge >= 0.3 is 6.03 Å². The van der Waals surface area contributed by atoms with Gasteiger partial charge in [0.15, 0.2) is 5.76 Å². The van der Waals surface area contributed by atoms with Gasteiger partial charge in [0.25, 0.3) is 0 Å². The Balaban J connectivity index is 1.85. The number of benzene rings is 1. The molecule has 132 valence electrons. The Morgan fingerprint density at radius 3 is 2.69 bits per heavy atom. The van der Waals surface area contributed by atoms with E-state index in [1.807, 2.05) is 30.3 Å². The summed E-state index contributed by atoms with van der Waals surface area (Å²) in [4.78, 5) is 16.7. The minimum Gasteiger partial charge on any atom is -0.463 e. The number of imidazole rings is 1. The number of nitrogens with two attached hydrogens (primary N) is 1. The molecule has 0 saturated carbocycles. The normalized spacial score (nSPS) is 10.3. The van der Waals surface area contributed by atoms with Crippen molar-refractivity contribution >= 4 is 17.6 Å².